The number of carbonyl (C=O) groups is 2. The van der Waals surface area contributed by atoms with Crippen LogP contribution in [-0.4, -0.2) is 28.1 Å². The third kappa shape index (κ3) is 8.95. The van der Waals surface area contributed by atoms with Crippen LogP contribution in [0.5, 0.6) is 0 Å². The molecule has 0 radical (unpaired) electrons. The standard InChI is InChI=1S/C22H32O4/c1-3-4-9-17(2)16-19(23)13-14-20-18(12-15-21(20)24)10-7-5-6-8-11-22(25)26/h5,7-8,11-15,17-20,23H,3-4,6,9-10,16H2,1-2H3,(H,25,26)/t17-,18-,19+,20+/m0/s1. The van der Waals surface area contributed by atoms with Crippen molar-refractivity contribution in [1.29, 1.82) is 0 Å². The Kier molecular flexibility index (Phi) is 10.6. The van der Waals surface area contributed by atoms with Crippen molar-refractivity contribution >= 4 is 11.8 Å². The summed E-state index contributed by atoms with van der Waals surface area (Å²) in [4.78, 5) is 22.4. The van der Waals surface area contributed by atoms with Crippen molar-refractivity contribution in [2.24, 2.45) is 17.8 Å². The molecule has 4 nitrogen and oxygen atoms in total. The van der Waals surface area contributed by atoms with E-state index in [1.807, 2.05) is 24.3 Å². The van der Waals surface area contributed by atoms with E-state index in [1.54, 1.807) is 18.2 Å². The van der Waals surface area contributed by atoms with Crippen molar-refractivity contribution in [3.8, 4) is 0 Å². The van der Waals surface area contributed by atoms with Crippen LogP contribution in [0, 0.1) is 17.8 Å². The highest BCUT2D eigenvalue weighted by Crippen LogP contribution is 2.27. The fourth-order valence-electron chi connectivity index (χ4n) is 3.13. The molecule has 2 N–H and O–H groups in total. The molecule has 0 saturated heterocycles. The van der Waals surface area contributed by atoms with Gasteiger partial charge in [0.2, 0.25) is 0 Å². The van der Waals surface area contributed by atoms with E-state index >= 15 is 0 Å². The van der Waals surface area contributed by atoms with Gasteiger partial charge in [0.1, 0.15) is 0 Å². The molecular weight excluding hydrogens is 328 g/mol. The molecule has 0 saturated carbocycles. The summed E-state index contributed by atoms with van der Waals surface area (Å²) in [7, 11) is 0. The Morgan fingerprint density at radius 1 is 1.31 bits per heavy atom. The summed E-state index contributed by atoms with van der Waals surface area (Å²) >= 11 is 0. The molecule has 1 rings (SSSR count). The van der Waals surface area contributed by atoms with E-state index in [-0.39, 0.29) is 17.6 Å². The van der Waals surface area contributed by atoms with Crippen LogP contribution in [-0.2, 0) is 9.59 Å². The number of ketones is 1. The third-order valence-electron chi connectivity index (χ3n) is 4.64. The minimum atomic E-state index is -0.949. The van der Waals surface area contributed by atoms with E-state index in [4.69, 9.17) is 5.11 Å². The highest BCUT2D eigenvalue weighted by atomic mass is 16.4. The van der Waals surface area contributed by atoms with Gasteiger partial charge in [-0.2, -0.15) is 0 Å². The lowest BCUT2D eigenvalue weighted by atomic mass is 9.90. The molecule has 0 aromatic carbocycles. The van der Waals surface area contributed by atoms with E-state index in [0.717, 1.165) is 25.3 Å². The Balaban J connectivity index is 2.46. The first-order chi connectivity index (χ1) is 12.4. The van der Waals surface area contributed by atoms with E-state index in [0.29, 0.717) is 12.3 Å². The number of aliphatic hydroxyl groups is 1. The van der Waals surface area contributed by atoms with Crippen molar-refractivity contribution in [2.45, 2.75) is 58.5 Å². The number of aliphatic carboxylic acids is 1. The first-order valence-electron chi connectivity index (χ1n) is 9.56. The number of unbranched alkanes of at least 4 members (excludes halogenated alkanes) is 1. The monoisotopic (exact) mass is 360 g/mol. The van der Waals surface area contributed by atoms with E-state index in [2.05, 4.69) is 13.8 Å². The zero-order chi connectivity index (χ0) is 19.4. The fraction of sp³-hybridized carbons (Fsp3) is 0.545. The minimum absolute atomic E-state index is 0.0802. The van der Waals surface area contributed by atoms with Crippen LogP contribution in [0.2, 0.25) is 0 Å². The van der Waals surface area contributed by atoms with Gasteiger partial charge in [0.05, 0.1) is 6.10 Å². The first kappa shape index (κ1) is 22.1. The van der Waals surface area contributed by atoms with E-state index < -0.39 is 12.1 Å². The van der Waals surface area contributed by atoms with Crippen LogP contribution >= 0.6 is 0 Å². The van der Waals surface area contributed by atoms with Gasteiger partial charge in [0, 0.05) is 12.0 Å². The molecule has 0 heterocycles. The van der Waals surface area contributed by atoms with Crippen molar-refractivity contribution < 1.29 is 19.8 Å². The molecule has 0 spiro atoms. The Bertz CT molecular complexity index is 556. The normalized spacial score (nSPS) is 22.8. The second kappa shape index (κ2) is 12.4. The summed E-state index contributed by atoms with van der Waals surface area (Å²) in [6, 6.07) is 0. The van der Waals surface area contributed by atoms with Crippen LogP contribution in [0.1, 0.15) is 52.4 Å². The van der Waals surface area contributed by atoms with Crippen LogP contribution in [0.25, 0.3) is 0 Å². The molecule has 144 valence electrons. The summed E-state index contributed by atoms with van der Waals surface area (Å²) in [5.74, 6) is -0.505. The first-order valence-corrected chi connectivity index (χ1v) is 9.56. The smallest absolute Gasteiger partial charge is 0.327 e. The molecule has 1 aliphatic rings. The van der Waals surface area contributed by atoms with Crippen LogP contribution in [0.4, 0.5) is 0 Å². The molecule has 0 bridgehead atoms. The van der Waals surface area contributed by atoms with Gasteiger partial charge in [-0.1, -0.05) is 69.6 Å². The van der Waals surface area contributed by atoms with E-state index in [1.165, 1.54) is 12.8 Å². The average molecular weight is 360 g/mol. The molecular formula is C22H32O4. The number of allylic oxidation sites excluding steroid dienone is 6. The SMILES string of the molecule is CCCC[C@H](C)C[C@H](O)C=C[C@H]1C(=O)C=C[C@@H]1CC=CCC=CC(=O)O. The molecule has 0 aromatic heterocycles. The lowest BCUT2D eigenvalue weighted by Crippen LogP contribution is -2.15. The summed E-state index contributed by atoms with van der Waals surface area (Å²) in [6.07, 6.45) is 18.7. The van der Waals surface area contributed by atoms with Crippen molar-refractivity contribution in [1.82, 2.24) is 0 Å². The lowest BCUT2D eigenvalue weighted by Gasteiger charge is -2.15. The number of aliphatic hydroxyl groups excluding tert-OH is 1. The van der Waals surface area contributed by atoms with E-state index in [9.17, 15) is 14.7 Å². The predicted octanol–water partition coefficient (Wildman–Crippen LogP) is 4.47. The third-order valence-corrected chi connectivity index (χ3v) is 4.64. The second-order valence-corrected chi connectivity index (χ2v) is 7.07. The summed E-state index contributed by atoms with van der Waals surface area (Å²) < 4.78 is 0. The van der Waals surface area contributed by atoms with Crippen molar-refractivity contribution in [3.05, 3.63) is 48.6 Å². The van der Waals surface area contributed by atoms with Crippen LogP contribution in [0.15, 0.2) is 48.6 Å². The number of carboxylic acids is 1. The quantitative estimate of drug-likeness (QED) is 0.398. The van der Waals surface area contributed by atoms with Crippen molar-refractivity contribution in [3.63, 3.8) is 0 Å². The molecule has 0 amide bonds. The molecule has 0 aliphatic heterocycles. The maximum absolute atomic E-state index is 12.1. The van der Waals surface area contributed by atoms with Gasteiger partial charge in [-0.05, 0) is 37.2 Å². The average Bonchev–Trinajstić information content (AvgIpc) is 2.94. The molecule has 0 fully saturated rings. The molecule has 0 unspecified atom stereocenters. The van der Waals surface area contributed by atoms with Gasteiger partial charge in [-0.3, -0.25) is 4.79 Å². The summed E-state index contributed by atoms with van der Waals surface area (Å²) in [5, 5.41) is 18.7. The predicted molar refractivity (Wildman–Crippen MR) is 105 cm³/mol. The molecule has 26 heavy (non-hydrogen) atoms. The molecule has 4 heteroatoms. The van der Waals surface area contributed by atoms with Gasteiger partial charge < -0.3 is 10.2 Å². The number of hydrogen-bond acceptors (Lipinski definition) is 3. The topological polar surface area (TPSA) is 74.6 Å². The van der Waals surface area contributed by atoms with Crippen LogP contribution in [0.3, 0.4) is 0 Å². The van der Waals surface area contributed by atoms with Gasteiger partial charge in [0.25, 0.3) is 0 Å². The second-order valence-electron chi connectivity index (χ2n) is 7.07. The Morgan fingerprint density at radius 2 is 2.08 bits per heavy atom. The van der Waals surface area contributed by atoms with Crippen LogP contribution < -0.4 is 0 Å². The summed E-state index contributed by atoms with van der Waals surface area (Å²) in [6.45, 7) is 4.32. The zero-order valence-corrected chi connectivity index (χ0v) is 15.9. The highest BCUT2D eigenvalue weighted by molar-refractivity contribution is 5.95. The molecule has 4 atom stereocenters. The lowest BCUT2D eigenvalue weighted by molar-refractivity contribution is -0.131. The number of carboxylic acid groups (broad SMARTS) is 1. The maximum Gasteiger partial charge on any atom is 0.327 e. The van der Waals surface area contributed by atoms with Gasteiger partial charge in [-0.15, -0.1) is 0 Å². The minimum Gasteiger partial charge on any atom is -0.478 e. The zero-order valence-electron chi connectivity index (χ0n) is 15.9. The maximum atomic E-state index is 12.1. The summed E-state index contributed by atoms with van der Waals surface area (Å²) in [5.41, 5.74) is 0. The van der Waals surface area contributed by atoms with Gasteiger partial charge in [0.15, 0.2) is 5.78 Å². The Morgan fingerprint density at radius 3 is 2.77 bits per heavy atom. The fourth-order valence-corrected chi connectivity index (χ4v) is 3.13. The number of hydrogen-bond donors (Lipinski definition) is 2. The molecule has 0 aromatic rings. The Labute approximate surface area is 157 Å². The number of carbonyl (C=O) groups excluding carboxylic acids is 1. The van der Waals surface area contributed by atoms with Gasteiger partial charge in [-0.25, -0.2) is 4.79 Å². The van der Waals surface area contributed by atoms with Crippen molar-refractivity contribution in [2.75, 3.05) is 0 Å². The number of rotatable bonds is 12. The Hall–Kier alpha value is -1.94. The molecule has 1 aliphatic carbocycles. The highest BCUT2D eigenvalue weighted by Gasteiger charge is 2.26. The van der Waals surface area contributed by atoms with Gasteiger partial charge >= 0.3 is 5.97 Å². The largest absolute Gasteiger partial charge is 0.478 e.